The molecule has 168 valence electrons. The number of benzene rings is 2. The van der Waals surface area contributed by atoms with Crippen LogP contribution in [0.2, 0.25) is 0 Å². The quantitative estimate of drug-likeness (QED) is 0.428. The van der Waals surface area contributed by atoms with E-state index >= 15 is 0 Å². The second kappa shape index (κ2) is 7.40. The smallest absolute Gasteiger partial charge is 0.235 e. The van der Waals surface area contributed by atoms with Gasteiger partial charge in [-0.3, -0.25) is 14.5 Å². The molecule has 1 aromatic heterocycles. The number of carbonyl (C=O) groups is 2. The standard InChI is InChI=1S/C25H26Br2N2O3/c1-24(2)19-8-9-25(24,3)23(32)29(22(19)31)13-16(30)12-28-20-6-4-14(26)10-17(20)18-11-15(27)5-7-21(18)28/h4-7,10-11,16,19,30H,8-9,12-13H2,1-3H3/t16-,19+,25-/m0/s1. The first kappa shape index (κ1) is 22.1. The van der Waals surface area contributed by atoms with Crippen LogP contribution in [0.15, 0.2) is 45.3 Å². The Morgan fingerprint density at radius 1 is 1.00 bits per heavy atom. The Hall–Kier alpha value is -1.70. The van der Waals surface area contributed by atoms with E-state index in [4.69, 9.17) is 0 Å². The second-order valence-electron chi connectivity index (χ2n) is 9.99. The molecule has 1 saturated heterocycles. The molecule has 7 heteroatoms. The first-order chi connectivity index (χ1) is 15.0. The number of likely N-dealkylation sites (tertiary alicyclic amines) is 1. The van der Waals surface area contributed by atoms with Crippen molar-refractivity contribution in [2.45, 2.75) is 46.3 Å². The number of amides is 2. The summed E-state index contributed by atoms with van der Waals surface area (Å²) >= 11 is 7.11. The lowest BCUT2D eigenvalue weighted by molar-refractivity contribution is -0.169. The molecule has 1 aliphatic heterocycles. The van der Waals surface area contributed by atoms with E-state index in [1.54, 1.807) is 0 Å². The Morgan fingerprint density at radius 3 is 2.12 bits per heavy atom. The van der Waals surface area contributed by atoms with Gasteiger partial charge >= 0.3 is 0 Å². The number of aromatic nitrogens is 1. The maximum absolute atomic E-state index is 13.3. The molecule has 3 aromatic rings. The van der Waals surface area contributed by atoms with Crippen LogP contribution in [-0.2, 0) is 16.1 Å². The van der Waals surface area contributed by atoms with Crippen LogP contribution >= 0.6 is 31.9 Å². The Kier molecular flexibility index (Phi) is 5.12. The molecule has 5 rings (SSSR count). The van der Waals surface area contributed by atoms with Crippen LogP contribution in [0.1, 0.15) is 33.6 Å². The van der Waals surface area contributed by atoms with Gasteiger partial charge in [0.2, 0.25) is 11.8 Å². The molecule has 1 N–H and O–H groups in total. The molecule has 5 nitrogen and oxygen atoms in total. The van der Waals surface area contributed by atoms with Gasteiger partial charge in [-0.05, 0) is 54.7 Å². The minimum Gasteiger partial charge on any atom is -0.389 e. The van der Waals surface area contributed by atoms with Crippen molar-refractivity contribution in [2.75, 3.05) is 6.54 Å². The maximum atomic E-state index is 13.3. The number of aliphatic hydroxyl groups is 1. The van der Waals surface area contributed by atoms with E-state index in [1.807, 2.05) is 45.0 Å². The third-order valence-corrected chi connectivity index (χ3v) is 9.07. The lowest BCUT2D eigenvalue weighted by Crippen LogP contribution is -2.60. The van der Waals surface area contributed by atoms with Gasteiger partial charge in [-0.15, -0.1) is 0 Å². The second-order valence-corrected chi connectivity index (χ2v) is 11.8. The van der Waals surface area contributed by atoms with E-state index in [2.05, 4.69) is 48.6 Å². The summed E-state index contributed by atoms with van der Waals surface area (Å²) in [5, 5.41) is 13.2. The number of β-amino-alcohol motifs (C(OH)–C–C–N with tert-alkyl or cyclic N) is 1. The Balaban J connectivity index is 1.48. The summed E-state index contributed by atoms with van der Waals surface area (Å²) in [6.45, 7) is 6.36. The SMILES string of the molecule is CC1(C)[C@@H]2CC[C@@]1(C)C(=O)N(C[C@@H](O)Cn1c3ccc(Br)cc3c3cc(Br)ccc31)C2=O. The number of rotatable bonds is 4. The zero-order valence-corrected chi connectivity index (χ0v) is 21.5. The van der Waals surface area contributed by atoms with Crippen LogP contribution in [0.5, 0.6) is 0 Å². The number of fused-ring (bicyclic) bond motifs is 5. The third kappa shape index (κ3) is 3.04. The van der Waals surface area contributed by atoms with Crippen molar-refractivity contribution in [3.05, 3.63) is 45.3 Å². The monoisotopic (exact) mass is 560 g/mol. The summed E-state index contributed by atoms with van der Waals surface area (Å²) in [6.07, 6.45) is 0.591. The highest BCUT2D eigenvalue weighted by atomic mass is 79.9. The fourth-order valence-corrected chi connectivity index (χ4v) is 6.52. The number of halogens is 2. The molecular formula is C25H26Br2N2O3. The van der Waals surface area contributed by atoms with Crippen molar-refractivity contribution in [2.24, 2.45) is 16.7 Å². The number of imide groups is 1. The van der Waals surface area contributed by atoms with Gasteiger partial charge in [0, 0.05) is 36.7 Å². The van der Waals surface area contributed by atoms with E-state index in [1.165, 1.54) is 4.90 Å². The van der Waals surface area contributed by atoms with E-state index in [9.17, 15) is 14.7 Å². The number of piperidine rings is 1. The van der Waals surface area contributed by atoms with Gasteiger partial charge in [-0.1, -0.05) is 52.6 Å². The first-order valence-corrected chi connectivity index (χ1v) is 12.5. The van der Waals surface area contributed by atoms with Crippen molar-refractivity contribution < 1.29 is 14.7 Å². The summed E-state index contributed by atoms with van der Waals surface area (Å²) < 4.78 is 4.05. The summed E-state index contributed by atoms with van der Waals surface area (Å²) in [6, 6.07) is 12.2. The molecule has 32 heavy (non-hydrogen) atoms. The molecule has 0 unspecified atom stereocenters. The molecule has 2 heterocycles. The van der Waals surface area contributed by atoms with Crippen molar-refractivity contribution in [1.29, 1.82) is 0 Å². The lowest BCUT2D eigenvalue weighted by Gasteiger charge is -2.48. The Labute approximate surface area is 204 Å². The lowest BCUT2D eigenvalue weighted by atomic mass is 9.62. The summed E-state index contributed by atoms with van der Waals surface area (Å²) in [7, 11) is 0. The topological polar surface area (TPSA) is 62.5 Å². The van der Waals surface area contributed by atoms with Crippen LogP contribution in [0, 0.1) is 16.7 Å². The highest BCUT2D eigenvalue weighted by molar-refractivity contribution is 9.10. The first-order valence-electron chi connectivity index (χ1n) is 11.0. The molecule has 2 fully saturated rings. The Bertz CT molecular complexity index is 1220. The summed E-state index contributed by atoms with van der Waals surface area (Å²) in [5.41, 5.74) is 1.10. The highest BCUT2D eigenvalue weighted by Gasteiger charge is 2.64. The predicted octanol–water partition coefficient (Wildman–Crippen LogP) is 5.49. The third-order valence-electron chi connectivity index (χ3n) is 8.08. The van der Waals surface area contributed by atoms with Crippen molar-refractivity contribution in [3.63, 3.8) is 0 Å². The van der Waals surface area contributed by atoms with Crippen LogP contribution < -0.4 is 0 Å². The van der Waals surface area contributed by atoms with Gasteiger partial charge in [0.15, 0.2) is 0 Å². The maximum Gasteiger partial charge on any atom is 0.235 e. The van der Waals surface area contributed by atoms with Crippen LogP contribution in [0.4, 0.5) is 0 Å². The molecular weight excluding hydrogens is 536 g/mol. The van der Waals surface area contributed by atoms with Gasteiger partial charge in [0.25, 0.3) is 0 Å². The van der Waals surface area contributed by atoms with Crippen LogP contribution in [-0.4, -0.2) is 39.0 Å². The van der Waals surface area contributed by atoms with Crippen LogP contribution in [0.25, 0.3) is 21.8 Å². The fraction of sp³-hybridized carbons (Fsp3) is 0.440. The normalized spacial score (nSPS) is 25.8. The average molecular weight is 562 g/mol. The minimum absolute atomic E-state index is 0.0219. The highest BCUT2D eigenvalue weighted by Crippen LogP contribution is 2.60. The predicted molar refractivity (Wildman–Crippen MR) is 132 cm³/mol. The average Bonchev–Trinajstić information content (AvgIpc) is 3.12. The van der Waals surface area contributed by atoms with Crippen molar-refractivity contribution in [3.8, 4) is 0 Å². The number of aliphatic hydroxyl groups excluding tert-OH is 1. The number of hydrogen-bond donors (Lipinski definition) is 1. The Morgan fingerprint density at radius 2 is 1.56 bits per heavy atom. The molecule has 0 spiro atoms. The molecule has 2 bridgehead atoms. The van der Waals surface area contributed by atoms with Gasteiger partial charge in [-0.2, -0.15) is 0 Å². The number of carbonyl (C=O) groups excluding carboxylic acids is 2. The summed E-state index contributed by atoms with van der Waals surface area (Å²) in [5.74, 6) is -0.445. The van der Waals surface area contributed by atoms with Crippen molar-refractivity contribution >= 4 is 65.5 Å². The molecule has 0 radical (unpaired) electrons. The van der Waals surface area contributed by atoms with Crippen LogP contribution in [0.3, 0.4) is 0 Å². The molecule has 3 atom stereocenters. The van der Waals surface area contributed by atoms with E-state index in [-0.39, 0.29) is 29.7 Å². The fourth-order valence-electron chi connectivity index (χ4n) is 5.80. The molecule has 2 aromatic carbocycles. The minimum atomic E-state index is -0.863. The van der Waals surface area contributed by atoms with Crippen molar-refractivity contribution in [1.82, 2.24) is 9.47 Å². The summed E-state index contributed by atoms with van der Waals surface area (Å²) in [4.78, 5) is 27.8. The van der Waals surface area contributed by atoms with E-state index < -0.39 is 11.5 Å². The molecule has 2 amide bonds. The zero-order valence-electron chi connectivity index (χ0n) is 18.4. The van der Waals surface area contributed by atoms with Gasteiger partial charge in [-0.25, -0.2) is 0 Å². The molecule has 1 aliphatic carbocycles. The zero-order chi connectivity index (χ0) is 23.0. The van der Waals surface area contributed by atoms with E-state index in [0.29, 0.717) is 6.54 Å². The van der Waals surface area contributed by atoms with Gasteiger partial charge in [0.05, 0.1) is 24.6 Å². The van der Waals surface area contributed by atoms with E-state index in [0.717, 1.165) is 43.6 Å². The van der Waals surface area contributed by atoms with Gasteiger partial charge in [0.1, 0.15) is 0 Å². The largest absolute Gasteiger partial charge is 0.389 e. The van der Waals surface area contributed by atoms with Gasteiger partial charge < -0.3 is 9.67 Å². The molecule has 1 saturated carbocycles. The number of nitrogens with zero attached hydrogens (tertiary/aromatic N) is 2. The number of hydrogen-bond acceptors (Lipinski definition) is 3. The molecule has 2 aliphatic rings.